The van der Waals surface area contributed by atoms with Gasteiger partial charge in [-0.3, -0.25) is 0 Å². The molecule has 0 saturated carbocycles. The Bertz CT molecular complexity index is 251. The van der Waals surface area contributed by atoms with Crippen LogP contribution in [0.1, 0.15) is 6.42 Å². The molecule has 0 unspecified atom stereocenters. The van der Waals surface area contributed by atoms with Crippen LogP contribution >= 0.6 is 11.8 Å². The molecule has 1 rings (SSSR count). The van der Waals surface area contributed by atoms with Crippen LogP contribution in [0, 0.1) is 0 Å². The van der Waals surface area contributed by atoms with Crippen molar-refractivity contribution in [3.63, 3.8) is 0 Å². The highest BCUT2D eigenvalue weighted by atomic mass is 32.2. The quantitative estimate of drug-likeness (QED) is 0.537. The zero-order valence-electron chi connectivity index (χ0n) is 6.56. The van der Waals surface area contributed by atoms with Gasteiger partial charge in [0.1, 0.15) is 12.0 Å². The van der Waals surface area contributed by atoms with Gasteiger partial charge < -0.3 is 9.90 Å². The molecular weight excluding hydrogens is 172 g/mol. The summed E-state index contributed by atoms with van der Waals surface area (Å²) in [6, 6.07) is 0. The van der Waals surface area contributed by atoms with Gasteiger partial charge in [-0.25, -0.2) is 0 Å². The Morgan fingerprint density at radius 3 is 3.17 bits per heavy atom. The van der Waals surface area contributed by atoms with E-state index in [-0.39, 0.29) is 5.76 Å². The SMILES string of the molecule is O=CC/C=C\C(O)=C1\C=CSC1. The smallest absolute Gasteiger partial charge is 0.123 e. The van der Waals surface area contributed by atoms with E-state index in [2.05, 4.69) is 0 Å². The third kappa shape index (κ3) is 2.58. The Hall–Kier alpha value is -0.960. The Morgan fingerprint density at radius 2 is 2.58 bits per heavy atom. The highest BCUT2D eigenvalue weighted by Gasteiger charge is 2.03. The average molecular weight is 182 g/mol. The minimum absolute atomic E-state index is 0.262. The first kappa shape index (κ1) is 9.13. The van der Waals surface area contributed by atoms with Crippen LogP contribution in [0.15, 0.2) is 35.0 Å². The van der Waals surface area contributed by atoms with Crippen LogP contribution in [-0.2, 0) is 4.79 Å². The number of carbonyl (C=O) groups excluding carboxylic acids is 1. The van der Waals surface area contributed by atoms with Crippen molar-refractivity contribution in [1.82, 2.24) is 0 Å². The molecule has 1 aliphatic rings. The Balaban J connectivity index is 2.56. The lowest BCUT2D eigenvalue weighted by Gasteiger charge is -1.94. The fraction of sp³-hybridized carbons (Fsp3) is 0.222. The van der Waals surface area contributed by atoms with Crippen LogP contribution in [0.3, 0.4) is 0 Å². The standard InChI is InChI=1S/C9H10O2S/c10-5-2-1-3-9(11)8-4-6-12-7-8/h1,3-6,11H,2,7H2/b3-1-,9-8+. The van der Waals surface area contributed by atoms with Crippen LogP contribution in [0.5, 0.6) is 0 Å². The highest BCUT2D eigenvalue weighted by Crippen LogP contribution is 2.21. The van der Waals surface area contributed by atoms with E-state index in [1.54, 1.807) is 23.9 Å². The maximum atomic E-state index is 9.94. The maximum Gasteiger partial charge on any atom is 0.123 e. The summed E-state index contributed by atoms with van der Waals surface area (Å²) in [6.45, 7) is 0. The maximum absolute atomic E-state index is 9.94. The fourth-order valence-corrected chi connectivity index (χ4v) is 1.60. The van der Waals surface area contributed by atoms with E-state index in [4.69, 9.17) is 0 Å². The Morgan fingerprint density at radius 1 is 1.75 bits per heavy atom. The molecule has 0 aliphatic carbocycles. The molecule has 1 N–H and O–H groups in total. The van der Waals surface area contributed by atoms with Gasteiger partial charge in [0.25, 0.3) is 0 Å². The number of thioether (sulfide) groups is 1. The van der Waals surface area contributed by atoms with Gasteiger partial charge in [-0.15, -0.1) is 11.8 Å². The molecule has 2 nitrogen and oxygen atoms in total. The summed E-state index contributed by atoms with van der Waals surface area (Å²) >= 11 is 1.65. The predicted octanol–water partition coefficient (Wildman–Crippen LogP) is 2.20. The van der Waals surface area contributed by atoms with Gasteiger partial charge in [-0.2, -0.15) is 0 Å². The largest absolute Gasteiger partial charge is 0.508 e. The molecule has 12 heavy (non-hydrogen) atoms. The number of allylic oxidation sites excluding steroid dienone is 3. The predicted molar refractivity (Wildman–Crippen MR) is 51.1 cm³/mol. The minimum Gasteiger partial charge on any atom is -0.508 e. The number of aliphatic hydroxyl groups excluding tert-OH is 1. The molecule has 0 aromatic rings. The molecule has 0 amide bonds. The second kappa shape index (κ2) is 4.83. The van der Waals surface area contributed by atoms with Crippen molar-refractivity contribution in [1.29, 1.82) is 0 Å². The summed E-state index contributed by atoms with van der Waals surface area (Å²) in [5, 5.41) is 11.3. The summed E-state index contributed by atoms with van der Waals surface area (Å²) < 4.78 is 0. The molecule has 3 heteroatoms. The van der Waals surface area contributed by atoms with Gasteiger partial charge >= 0.3 is 0 Å². The normalized spacial score (nSPS) is 20.3. The van der Waals surface area contributed by atoms with Crippen LogP contribution in [0.25, 0.3) is 0 Å². The van der Waals surface area contributed by atoms with Gasteiger partial charge in [-0.05, 0) is 17.6 Å². The van der Waals surface area contributed by atoms with Crippen LogP contribution in [0.2, 0.25) is 0 Å². The van der Waals surface area contributed by atoms with Crippen molar-refractivity contribution in [2.45, 2.75) is 6.42 Å². The summed E-state index contributed by atoms with van der Waals surface area (Å²) in [6.07, 6.45) is 6.25. The Labute approximate surface area is 75.7 Å². The van der Waals surface area contributed by atoms with Gasteiger partial charge in [-0.1, -0.05) is 6.08 Å². The van der Waals surface area contributed by atoms with Crippen molar-refractivity contribution in [2.75, 3.05) is 5.75 Å². The summed E-state index contributed by atoms with van der Waals surface area (Å²) in [7, 11) is 0. The van der Waals surface area contributed by atoms with E-state index in [1.807, 2.05) is 11.5 Å². The average Bonchev–Trinajstić information content (AvgIpc) is 2.56. The molecule has 0 radical (unpaired) electrons. The molecule has 64 valence electrons. The van der Waals surface area contributed by atoms with Crippen LogP contribution in [0.4, 0.5) is 0 Å². The van der Waals surface area contributed by atoms with E-state index in [1.165, 1.54) is 0 Å². The van der Waals surface area contributed by atoms with E-state index in [0.717, 1.165) is 17.6 Å². The van der Waals surface area contributed by atoms with Gasteiger partial charge in [0.2, 0.25) is 0 Å². The topological polar surface area (TPSA) is 37.3 Å². The third-order valence-electron chi connectivity index (χ3n) is 1.44. The molecule has 0 atom stereocenters. The van der Waals surface area contributed by atoms with Crippen molar-refractivity contribution >= 4 is 18.0 Å². The third-order valence-corrected chi connectivity index (χ3v) is 2.25. The monoisotopic (exact) mass is 182 g/mol. The zero-order chi connectivity index (χ0) is 8.81. The first-order valence-electron chi connectivity index (χ1n) is 3.65. The van der Waals surface area contributed by atoms with Crippen molar-refractivity contribution < 1.29 is 9.90 Å². The lowest BCUT2D eigenvalue weighted by molar-refractivity contribution is -0.107. The highest BCUT2D eigenvalue weighted by molar-refractivity contribution is 8.02. The number of hydrogen-bond acceptors (Lipinski definition) is 3. The molecule has 0 aromatic heterocycles. The summed E-state index contributed by atoms with van der Waals surface area (Å²) in [4.78, 5) is 9.94. The number of hydrogen-bond donors (Lipinski definition) is 1. The number of aldehydes is 1. The van der Waals surface area contributed by atoms with Gasteiger partial charge in [0.05, 0.1) is 0 Å². The van der Waals surface area contributed by atoms with Crippen molar-refractivity contribution in [3.8, 4) is 0 Å². The lowest BCUT2D eigenvalue weighted by atomic mass is 10.2. The van der Waals surface area contributed by atoms with Crippen LogP contribution in [-0.4, -0.2) is 17.1 Å². The second-order valence-corrected chi connectivity index (χ2v) is 3.22. The van der Waals surface area contributed by atoms with E-state index >= 15 is 0 Å². The van der Waals surface area contributed by atoms with Crippen molar-refractivity contribution in [3.05, 3.63) is 35.0 Å². The van der Waals surface area contributed by atoms with E-state index in [0.29, 0.717) is 6.42 Å². The van der Waals surface area contributed by atoms with E-state index < -0.39 is 0 Å². The zero-order valence-corrected chi connectivity index (χ0v) is 7.38. The minimum atomic E-state index is 0.262. The second-order valence-electron chi connectivity index (χ2n) is 2.33. The van der Waals surface area contributed by atoms with Gasteiger partial charge in [0, 0.05) is 17.7 Å². The van der Waals surface area contributed by atoms with E-state index in [9.17, 15) is 9.90 Å². The molecule has 0 spiro atoms. The van der Waals surface area contributed by atoms with Gasteiger partial charge in [0.15, 0.2) is 0 Å². The first-order chi connectivity index (χ1) is 5.84. The van der Waals surface area contributed by atoms with Crippen molar-refractivity contribution in [2.24, 2.45) is 0 Å². The first-order valence-corrected chi connectivity index (χ1v) is 4.70. The molecule has 0 bridgehead atoms. The molecule has 0 fully saturated rings. The summed E-state index contributed by atoms with van der Waals surface area (Å²) in [5.41, 5.74) is 0.919. The fourth-order valence-electron chi connectivity index (χ4n) is 0.818. The Kier molecular flexibility index (Phi) is 3.67. The molecular formula is C9H10O2S. The molecule has 0 aromatic carbocycles. The van der Waals surface area contributed by atoms with Crippen LogP contribution < -0.4 is 0 Å². The number of aliphatic hydroxyl groups is 1. The molecule has 1 aliphatic heterocycles. The summed E-state index contributed by atoms with van der Waals surface area (Å²) in [5.74, 6) is 1.08. The lowest BCUT2D eigenvalue weighted by Crippen LogP contribution is -1.84. The number of carbonyl (C=O) groups is 1. The molecule has 1 heterocycles. The number of rotatable bonds is 3. The molecule has 0 saturated heterocycles.